The largest absolute Gasteiger partial charge is 0.343 e. The third-order valence-corrected chi connectivity index (χ3v) is 5.78. The molecule has 1 amide bonds. The minimum absolute atomic E-state index is 0.125. The first-order chi connectivity index (χ1) is 14.1. The molecule has 1 N–H and O–H groups in total. The van der Waals surface area contributed by atoms with Crippen LogP contribution in [0.3, 0.4) is 0 Å². The molecule has 2 aromatic heterocycles. The van der Waals surface area contributed by atoms with Crippen LogP contribution in [-0.2, 0) is 0 Å². The SMILES string of the molecule is CC(C)[C@@H](NC(=O)c1nn(-c2ccccc2)c(=O)c2ccccc12)c1cccs1. The fraction of sp³-hybridized carbons (Fsp3) is 0.174. The first kappa shape index (κ1) is 19.1. The fourth-order valence-electron chi connectivity index (χ4n) is 3.35. The Morgan fingerprint density at radius 3 is 2.31 bits per heavy atom. The summed E-state index contributed by atoms with van der Waals surface area (Å²) >= 11 is 1.61. The van der Waals surface area contributed by atoms with E-state index >= 15 is 0 Å². The molecule has 0 aliphatic carbocycles. The summed E-state index contributed by atoms with van der Waals surface area (Å²) in [6.07, 6.45) is 0. The van der Waals surface area contributed by atoms with Crippen LogP contribution in [0, 0.1) is 5.92 Å². The van der Waals surface area contributed by atoms with Gasteiger partial charge < -0.3 is 5.32 Å². The molecule has 6 heteroatoms. The van der Waals surface area contributed by atoms with Crippen molar-refractivity contribution >= 4 is 28.0 Å². The zero-order chi connectivity index (χ0) is 20.4. The number of hydrogen-bond acceptors (Lipinski definition) is 4. The molecule has 146 valence electrons. The average Bonchev–Trinajstić information content (AvgIpc) is 3.27. The molecule has 0 spiro atoms. The number of aromatic nitrogens is 2. The molecule has 5 nitrogen and oxygen atoms in total. The van der Waals surface area contributed by atoms with Crippen molar-refractivity contribution in [2.45, 2.75) is 19.9 Å². The van der Waals surface area contributed by atoms with Crippen molar-refractivity contribution in [2.24, 2.45) is 5.92 Å². The Morgan fingerprint density at radius 1 is 0.966 bits per heavy atom. The number of rotatable bonds is 5. The monoisotopic (exact) mass is 403 g/mol. The van der Waals surface area contributed by atoms with E-state index in [9.17, 15) is 9.59 Å². The van der Waals surface area contributed by atoms with Crippen molar-refractivity contribution in [3.8, 4) is 5.69 Å². The second-order valence-corrected chi connectivity index (χ2v) is 8.14. The highest BCUT2D eigenvalue weighted by atomic mass is 32.1. The van der Waals surface area contributed by atoms with Crippen molar-refractivity contribution in [2.75, 3.05) is 0 Å². The van der Waals surface area contributed by atoms with E-state index in [0.29, 0.717) is 16.5 Å². The number of carbonyl (C=O) groups excluding carboxylic acids is 1. The van der Waals surface area contributed by atoms with Gasteiger partial charge in [0.15, 0.2) is 5.69 Å². The summed E-state index contributed by atoms with van der Waals surface area (Å²) < 4.78 is 1.30. The van der Waals surface area contributed by atoms with Crippen LogP contribution in [0.5, 0.6) is 0 Å². The third-order valence-electron chi connectivity index (χ3n) is 4.82. The van der Waals surface area contributed by atoms with Crippen LogP contribution < -0.4 is 10.9 Å². The summed E-state index contributed by atoms with van der Waals surface area (Å²) in [5.41, 5.74) is 0.615. The van der Waals surface area contributed by atoms with Gasteiger partial charge in [-0.2, -0.15) is 9.78 Å². The van der Waals surface area contributed by atoms with Crippen molar-refractivity contribution in [3.63, 3.8) is 0 Å². The summed E-state index contributed by atoms with van der Waals surface area (Å²) in [5.74, 6) is -0.0816. The highest BCUT2D eigenvalue weighted by Gasteiger charge is 2.23. The molecule has 0 saturated carbocycles. The maximum Gasteiger partial charge on any atom is 0.279 e. The molecule has 0 bridgehead atoms. The number of carbonyl (C=O) groups is 1. The number of para-hydroxylation sites is 1. The Hall–Kier alpha value is -3.25. The van der Waals surface area contributed by atoms with Gasteiger partial charge in [-0.1, -0.05) is 56.3 Å². The number of nitrogens with one attached hydrogen (secondary N) is 1. The zero-order valence-electron chi connectivity index (χ0n) is 16.2. The molecule has 2 aromatic carbocycles. The minimum Gasteiger partial charge on any atom is -0.343 e. The van der Waals surface area contributed by atoms with Crippen LogP contribution in [-0.4, -0.2) is 15.7 Å². The van der Waals surface area contributed by atoms with E-state index in [1.807, 2.05) is 41.8 Å². The molecule has 0 saturated heterocycles. The maximum atomic E-state index is 13.3. The highest BCUT2D eigenvalue weighted by Crippen LogP contribution is 2.26. The molecule has 29 heavy (non-hydrogen) atoms. The molecule has 0 radical (unpaired) electrons. The second-order valence-electron chi connectivity index (χ2n) is 7.16. The van der Waals surface area contributed by atoms with E-state index in [1.165, 1.54) is 4.68 Å². The Bertz CT molecular complexity index is 1200. The number of hydrogen-bond donors (Lipinski definition) is 1. The van der Waals surface area contributed by atoms with Gasteiger partial charge in [0.2, 0.25) is 0 Å². The van der Waals surface area contributed by atoms with Crippen LogP contribution in [0.25, 0.3) is 16.5 Å². The third kappa shape index (κ3) is 3.71. The van der Waals surface area contributed by atoms with Gasteiger partial charge in [-0.25, -0.2) is 0 Å². The van der Waals surface area contributed by atoms with Gasteiger partial charge in [-0.15, -0.1) is 11.3 Å². The molecule has 2 heterocycles. The highest BCUT2D eigenvalue weighted by molar-refractivity contribution is 7.10. The first-order valence-electron chi connectivity index (χ1n) is 9.48. The predicted molar refractivity (Wildman–Crippen MR) is 117 cm³/mol. The van der Waals surface area contributed by atoms with Gasteiger partial charge in [0.05, 0.1) is 17.1 Å². The van der Waals surface area contributed by atoms with Crippen LogP contribution in [0.4, 0.5) is 0 Å². The number of fused-ring (bicyclic) bond motifs is 1. The number of amides is 1. The lowest BCUT2D eigenvalue weighted by Gasteiger charge is -2.21. The Morgan fingerprint density at radius 2 is 1.66 bits per heavy atom. The number of nitrogens with zero attached hydrogens (tertiary/aromatic N) is 2. The normalized spacial score (nSPS) is 12.2. The topological polar surface area (TPSA) is 64.0 Å². The fourth-order valence-corrected chi connectivity index (χ4v) is 4.29. The van der Waals surface area contributed by atoms with Crippen LogP contribution in [0.15, 0.2) is 76.9 Å². The second kappa shape index (κ2) is 8.01. The van der Waals surface area contributed by atoms with E-state index < -0.39 is 0 Å². The van der Waals surface area contributed by atoms with Gasteiger partial charge in [-0.05, 0) is 35.6 Å². The smallest absolute Gasteiger partial charge is 0.279 e. The van der Waals surface area contributed by atoms with Crippen molar-refractivity contribution in [1.29, 1.82) is 0 Å². The van der Waals surface area contributed by atoms with E-state index in [0.717, 1.165) is 4.88 Å². The molecular formula is C23H21N3O2S. The molecule has 0 unspecified atom stereocenters. The minimum atomic E-state index is -0.294. The van der Waals surface area contributed by atoms with Gasteiger partial charge in [0.1, 0.15) is 0 Å². The van der Waals surface area contributed by atoms with Crippen LogP contribution in [0.2, 0.25) is 0 Å². The summed E-state index contributed by atoms with van der Waals surface area (Å²) in [6, 6.07) is 20.1. The van der Waals surface area contributed by atoms with Gasteiger partial charge >= 0.3 is 0 Å². The lowest BCUT2D eigenvalue weighted by molar-refractivity contribution is 0.0921. The summed E-state index contributed by atoms with van der Waals surface area (Å²) in [5, 5.41) is 10.6. The van der Waals surface area contributed by atoms with Gasteiger partial charge in [0.25, 0.3) is 11.5 Å². The van der Waals surface area contributed by atoms with E-state index in [-0.39, 0.29) is 29.1 Å². The Labute approximate surface area is 172 Å². The standard InChI is InChI=1S/C23H21N3O2S/c1-15(2)20(19-13-8-14-29-19)24-22(27)21-17-11-6-7-12-18(17)23(28)26(25-21)16-9-4-3-5-10-16/h3-15,20H,1-2H3,(H,24,27)/t20-/m1/s1. The molecule has 4 aromatic rings. The van der Waals surface area contributed by atoms with Gasteiger partial charge in [-0.3, -0.25) is 9.59 Å². The summed E-state index contributed by atoms with van der Waals surface area (Å²) in [4.78, 5) is 27.4. The van der Waals surface area contributed by atoms with Crippen LogP contribution >= 0.6 is 11.3 Å². The first-order valence-corrected chi connectivity index (χ1v) is 10.4. The summed E-state index contributed by atoms with van der Waals surface area (Å²) in [7, 11) is 0. The Kier molecular flexibility index (Phi) is 5.27. The maximum absolute atomic E-state index is 13.3. The molecule has 0 aliphatic heterocycles. The summed E-state index contributed by atoms with van der Waals surface area (Å²) in [6.45, 7) is 4.14. The van der Waals surface area contributed by atoms with Gasteiger partial charge in [0, 0.05) is 10.3 Å². The molecule has 4 rings (SSSR count). The quantitative estimate of drug-likeness (QED) is 0.531. The molecule has 1 atom stereocenters. The average molecular weight is 404 g/mol. The zero-order valence-corrected chi connectivity index (χ0v) is 17.0. The van der Waals surface area contributed by atoms with Crippen molar-refractivity contribution in [3.05, 3.63) is 93.0 Å². The predicted octanol–water partition coefficient (Wildman–Crippen LogP) is 4.57. The lowest BCUT2D eigenvalue weighted by atomic mass is 10.0. The van der Waals surface area contributed by atoms with E-state index in [1.54, 1.807) is 41.7 Å². The number of benzene rings is 2. The van der Waals surface area contributed by atoms with Crippen molar-refractivity contribution in [1.82, 2.24) is 15.1 Å². The van der Waals surface area contributed by atoms with Crippen LogP contribution in [0.1, 0.15) is 35.3 Å². The Balaban J connectivity index is 1.83. The van der Waals surface area contributed by atoms with Crippen molar-refractivity contribution < 1.29 is 4.79 Å². The molecular weight excluding hydrogens is 382 g/mol. The number of thiophene rings is 1. The van der Waals surface area contributed by atoms with E-state index in [4.69, 9.17) is 0 Å². The molecule has 0 fully saturated rings. The molecule has 0 aliphatic rings. The van der Waals surface area contributed by atoms with E-state index in [2.05, 4.69) is 24.3 Å². The lowest BCUT2D eigenvalue weighted by Crippen LogP contribution is -2.34.